The molecule has 0 aliphatic rings. The topological polar surface area (TPSA) is 3.24 Å². The van der Waals surface area contributed by atoms with Crippen molar-refractivity contribution in [3.05, 3.63) is 71.8 Å². The summed E-state index contributed by atoms with van der Waals surface area (Å²) in [6.07, 6.45) is 1.12. The monoisotopic (exact) mass is 253 g/mol. The Hall–Kier alpha value is -1.60. The van der Waals surface area contributed by atoms with Gasteiger partial charge in [0.05, 0.1) is 0 Å². The summed E-state index contributed by atoms with van der Waals surface area (Å²) in [7, 11) is 0. The number of hydrogen-bond acceptors (Lipinski definition) is 1. The van der Waals surface area contributed by atoms with E-state index in [1.165, 1.54) is 11.1 Å². The van der Waals surface area contributed by atoms with Crippen molar-refractivity contribution in [1.82, 2.24) is 4.90 Å². The van der Waals surface area contributed by atoms with E-state index in [0.29, 0.717) is 6.04 Å². The molecule has 0 aliphatic heterocycles. The van der Waals surface area contributed by atoms with E-state index in [-0.39, 0.29) is 0 Å². The van der Waals surface area contributed by atoms with Gasteiger partial charge in [0.2, 0.25) is 0 Å². The minimum Gasteiger partial charge on any atom is -0.296 e. The van der Waals surface area contributed by atoms with Gasteiger partial charge < -0.3 is 0 Å². The second-order valence-corrected chi connectivity index (χ2v) is 5.29. The van der Waals surface area contributed by atoms with Crippen LogP contribution in [-0.2, 0) is 13.0 Å². The number of rotatable bonds is 6. The molecule has 0 saturated heterocycles. The first-order valence-electron chi connectivity index (χ1n) is 7.07. The molecule has 0 saturated carbocycles. The third-order valence-corrected chi connectivity index (χ3v) is 3.49. The lowest BCUT2D eigenvalue weighted by atomic mass is 10.1. The molecule has 1 nitrogen and oxygen atoms in total. The molecule has 2 rings (SSSR count). The van der Waals surface area contributed by atoms with Crippen molar-refractivity contribution in [2.45, 2.75) is 32.9 Å². The summed E-state index contributed by atoms with van der Waals surface area (Å²) in [5.41, 5.74) is 2.81. The maximum Gasteiger partial charge on any atom is 0.0236 e. The lowest BCUT2D eigenvalue weighted by Gasteiger charge is -2.26. The first-order chi connectivity index (χ1) is 9.25. The van der Waals surface area contributed by atoms with Crippen LogP contribution in [0, 0.1) is 0 Å². The van der Waals surface area contributed by atoms with E-state index in [0.717, 1.165) is 19.5 Å². The van der Waals surface area contributed by atoms with E-state index < -0.39 is 0 Å². The fourth-order valence-corrected chi connectivity index (χ4v) is 2.26. The van der Waals surface area contributed by atoms with Crippen LogP contribution in [0.5, 0.6) is 0 Å². The molecule has 0 atom stereocenters. The Morgan fingerprint density at radius 3 is 1.84 bits per heavy atom. The fourth-order valence-electron chi connectivity index (χ4n) is 2.26. The van der Waals surface area contributed by atoms with E-state index in [2.05, 4.69) is 79.4 Å². The van der Waals surface area contributed by atoms with Crippen molar-refractivity contribution in [3.63, 3.8) is 0 Å². The maximum absolute atomic E-state index is 2.53. The molecular weight excluding hydrogens is 230 g/mol. The maximum atomic E-state index is 2.53. The van der Waals surface area contributed by atoms with Gasteiger partial charge in [0, 0.05) is 19.1 Å². The Labute approximate surface area is 116 Å². The van der Waals surface area contributed by atoms with E-state index in [9.17, 15) is 0 Å². The highest BCUT2D eigenvalue weighted by Crippen LogP contribution is 2.10. The molecule has 100 valence electrons. The Morgan fingerprint density at radius 2 is 1.32 bits per heavy atom. The second-order valence-electron chi connectivity index (χ2n) is 5.29. The van der Waals surface area contributed by atoms with Crippen LogP contribution in [0.15, 0.2) is 60.7 Å². The zero-order chi connectivity index (χ0) is 13.5. The third-order valence-electron chi connectivity index (χ3n) is 3.49. The van der Waals surface area contributed by atoms with Gasteiger partial charge in [0.1, 0.15) is 0 Å². The normalized spacial score (nSPS) is 11.2. The fraction of sp³-hybridized carbons (Fsp3) is 0.333. The summed E-state index contributed by atoms with van der Waals surface area (Å²) in [5, 5.41) is 0. The quantitative estimate of drug-likeness (QED) is 0.748. The van der Waals surface area contributed by atoms with Crippen molar-refractivity contribution in [2.75, 3.05) is 6.54 Å². The molecule has 0 heterocycles. The van der Waals surface area contributed by atoms with Gasteiger partial charge in [-0.3, -0.25) is 4.90 Å². The first kappa shape index (κ1) is 13.8. The van der Waals surface area contributed by atoms with Crippen molar-refractivity contribution in [3.8, 4) is 0 Å². The Balaban J connectivity index is 1.93. The van der Waals surface area contributed by atoms with Crippen molar-refractivity contribution >= 4 is 0 Å². The number of hydrogen-bond donors (Lipinski definition) is 0. The van der Waals surface area contributed by atoms with Crippen LogP contribution in [-0.4, -0.2) is 17.5 Å². The van der Waals surface area contributed by atoms with Crippen LogP contribution >= 0.6 is 0 Å². The van der Waals surface area contributed by atoms with Crippen molar-refractivity contribution in [1.29, 1.82) is 0 Å². The van der Waals surface area contributed by atoms with E-state index in [1.54, 1.807) is 0 Å². The molecule has 2 aromatic rings. The molecule has 0 N–H and O–H groups in total. The Kier molecular flexibility index (Phi) is 5.17. The molecule has 2 aromatic carbocycles. The lowest BCUT2D eigenvalue weighted by Crippen LogP contribution is -2.32. The smallest absolute Gasteiger partial charge is 0.0236 e. The highest BCUT2D eigenvalue weighted by Gasteiger charge is 2.09. The molecule has 0 bridgehead atoms. The number of benzene rings is 2. The summed E-state index contributed by atoms with van der Waals surface area (Å²) in [6.45, 7) is 6.68. The van der Waals surface area contributed by atoms with Gasteiger partial charge in [0.15, 0.2) is 0 Å². The van der Waals surface area contributed by atoms with E-state index in [1.807, 2.05) is 0 Å². The summed E-state index contributed by atoms with van der Waals surface area (Å²) in [6, 6.07) is 22.0. The Morgan fingerprint density at radius 1 is 0.789 bits per heavy atom. The second kappa shape index (κ2) is 7.10. The molecule has 0 unspecified atom stereocenters. The molecule has 0 radical (unpaired) electrons. The van der Waals surface area contributed by atoms with Crippen LogP contribution in [0.3, 0.4) is 0 Å². The average molecular weight is 253 g/mol. The molecule has 0 spiro atoms. The summed E-state index contributed by atoms with van der Waals surface area (Å²) in [5.74, 6) is 0. The predicted molar refractivity (Wildman–Crippen MR) is 82.1 cm³/mol. The zero-order valence-electron chi connectivity index (χ0n) is 11.9. The summed E-state index contributed by atoms with van der Waals surface area (Å²) < 4.78 is 0. The van der Waals surface area contributed by atoms with Crippen LogP contribution in [0.25, 0.3) is 0 Å². The molecule has 0 aliphatic carbocycles. The first-order valence-corrected chi connectivity index (χ1v) is 7.07. The standard InChI is InChI=1S/C18H23N/c1-16(2)19(15-18-11-7-4-8-12-18)14-13-17-9-5-3-6-10-17/h3-12,16H,13-15H2,1-2H3. The lowest BCUT2D eigenvalue weighted by molar-refractivity contribution is 0.215. The van der Waals surface area contributed by atoms with Crippen LogP contribution in [0.4, 0.5) is 0 Å². The van der Waals surface area contributed by atoms with Gasteiger partial charge in [0.25, 0.3) is 0 Å². The van der Waals surface area contributed by atoms with Gasteiger partial charge in [-0.1, -0.05) is 60.7 Å². The SMILES string of the molecule is CC(C)N(CCc1ccccc1)Cc1ccccc1. The summed E-state index contributed by atoms with van der Waals surface area (Å²) >= 11 is 0. The van der Waals surface area contributed by atoms with Crippen LogP contribution in [0.1, 0.15) is 25.0 Å². The molecule has 19 heavy (non-hydrogen) atoms. The molecule has 0 amide bonds. The minimum atomic E-state index is 0.573. The number of nitrogens with zero attached hydrogens (tertiary/aromatic N) is 1. The third kappa shape index (κ3) is 4.53. The summed E-state index contributed by atoms with van der Waals surface area (Å²) in [4.78, 5) is 2.53. The molecule has 1 heteroatoms. The van der Waals surface area contributed by atoms with E-state index >= 15 is 0 Å². The minimum absolute atomic E-state index is 0.573. The molecule has 0 fully saturated rings. The molecule has 0 aromatic heterocycles. The van der Waals surface area contributed by atoms with Crippen LogP contribution in [0.2, 0.25) is 0 Å². The largest absolute Gasteiger partial charge is 0.296 e. The highest BCUT2D eigenvalue weighted by molar-refractivity contribution is 5.16. The highest BCUT2D eigenvalue weighted by atomic mass is 15.1. The zero-order valence-corrected chi connectivity index (χ0v) is 11.9. The Bertz CT molecular complexity index is 462. The predicted octanol–water partition coefficient (Wildman–Crippen LogP) is 4.14. The van der Waals surface area contributed by atoms with Gasteiger partial charge >= 0.3 is 0 Å². The van der Waals surface area contributed by atoms with Gasteiger partial charge in [-0.25, -0.2) is 0 Å². The van der Waals surface area contributed by atoms with Crippen molar-refractivity contribution in [2.24, 2.45) is 0 Å². The van der Waals surface area contributed by atoms with Crippen LogP contribution < -0.4 is 0 Å². The van der Waals surface area contributed by atoms with Crippen molar-refractivity contribution < 1.29 is 0 Å². The van der Waals surface area contributed by atoms with Gasteiger partial charge in [-0.15, -0.1) is 0 Å². The average Bonchev–Trinajstić information content (AvgIpc) is 2.45. The van der Waals surface area contributed by atoms with Gasteiger partial charge in [-0.05, 0) is 31.4 Å². The van der Waals surface area contributed by atoms with Gasteiger partial charge in [-0.2, -0.15) is 0 Å². The van der Waals surface area contributed by atoms with E-state index in [4.69, 9.17) is 0 Å². The molecular formula is C18H23N.